The molecular weight excluding hydrogens is 466 g/mol. The number of carbonyl (C=O) groups is 1. The number of hydrogen-bond donors (Lipinski definition) is 3. The number of nitro groups is 1. The zero-order valence-corrected chi connectivity index (χ0v) is 18.3. The van der Waals surface area contributed by atoms with E-state index in [0.29, 0.717) is 16.3 Å². The monoisotopic (exact) mass is 487 g/mol. The number of benzene rings is 2. The van der Waals surface area contributed by atoms with Gasteiger partial charge in [-0.25, -0.2) is 9.59 Å². The number of rotatable bonds is 6. The SMILES string of the molecule is Cc1cn([C@@H]2O[C@H](COC(=O)OCc3cccc4cccc([N+](=O)[O-])c34)C(O)C2O)c(=O)[nH]c1=O. The number of nitrogens with zero attached hydrogens (tertiary/aromatic N) is 2. The van der Waals surface area contributed by atoms with E-state index in [9.17, 15) is 34.7 Å². The summed E-state index contributed by atoms with van der Waals surface area (Å²) in [6.45, 7) is 0.625. The molecule has 1 aliphatic heterocycles. The van der Waals surface area contributed by atoms with Gasteiger partial charge in [-0.1, -0.05) is 30.3 Å². The van der Waals surface area contributed by atoms with Crippen LogP contribution in [0.1, 0.15) is 17.4 Å². The van der Waals surface area contributed by atoms with E-state index in [1.165, 1.54) is 19.2 Å². The van der Waals surface area contributed by atoms with Gasteiger partial charge in [0.1, 0.15) is 31.5 Å². The molecule has 1 aromatic heterocycles. The van der Waals surface area contributed by atoms with Crippen LogP contribution >= 0.6 is 0 Å². The highest BCUT2D eigenvalue weighted by molar-refractivity contribution is 5.93. The van der Waals surface area contributed by atoms with E-state index in [2.05, 4.69) is 4.98 Å². The lowest BCUT2D eigenvalue weighted by atomic mass is 10.0. The van der Waals surface area contributed by atoms with Crippen molar-refractivity contribution < 1.29 is 34.1 Å². The second-order valence-corrected chi connectivity index (χ2v) is 7.92. The fraction of sp³-hybridized carbons (Fsp3) is 0.318. The number of aliphatic hydroxyl groups excluding tert-OH is 2. The Morgan fingerprint density at radius 1 is 1.17 bits per heavy atom. The number of aromatic amines is 1. The van der Waals surface area contributed by atoms with Gasteiger partial charge in [-0.15, -0.1) is 0 Å². The second kappa shape index (κ2) is 9.66. The van der Waals surface area contributed by atoms with Crippen LogP contribution in [0.5, 0.6) is 0 Å². The lowest BCUT2D eigenvalue weighted by molar-refractivity contribution is -0.383. The molecule has 1 saturated heterocycles. The van der Waals surface area contributed by atoms with Gasteiger partial charge in [-0.2, -0.15) is 0 Å². The summed E-state index contributed by atoms with van der Waals surface area (Å²) in [7, 11) is 0. The van der Waals surface area contributed by atoms with E-state index < -0.39 is 53.5 Å². The summed E-state index contributed by atoms with van der Waals surface area (Å²) in [5, 5.41) is 32.9. The summed E-state index contributed by atoms with van der Waals surface area (Å²) in [6, 6.07) is 9.54. The van der Waals surface area contributed by atoms with Crippen molar-refractivity contribution >= 4 is 22.6 Å². The van der Waals surface area contributed by atoms with Crippen LogP contribution < -0.4 is 11.2 Å². The van der Waals surface area contributed by atoms with Crippen molar-refractivity contribution in [1.82, 2.24) is 9.55 Å². The van der Waals surface area contributed by atoms with Crippen molar-refractivity contribution in [2.45, 2.75) is 38.1 Å². The van der Waals surface area contributed by atoms with E-state index in [1.54, 1.807) is 30.3 Å². The summed E-state index contributed by atoms with van der Waals surface area (Å²) in [5.41, 5.74) is -0.996. The number of nitrogens with one attached hydrogen (secondary N) is 1. The summed E-state index contributed by atoms with van der Waals surface area (Å²) in [4.78, 5) is 48.7. The number of hydrogen-bond acceptors (Lipinski definition) is 10. The summed E-state index contributed by atoms with van der Waals surface area (Å²) < 4.78 is 16.5. The molecule has 1 fully saturated rings. The van der Waals surface area contributed by atoms with E-state index in [0.717, 1.165) is 4.57 Å². The van der Waals surface area contributed by atoms with Gasteiger partial charge >= 0.3 is 11.8 Å². The maximum absolute atomic E-state index is 12.1. The van der Waals surface area contributed by atoms with Crippen molar-refractivity contribution in [3.63, 3.8) is 0 Å². The number of fused-ring (bicyclic) bond motifs is 1. The zero-order chi connectivity index (χ0) is 25.3. The quantitative estimate of drug-likeness (QED) is 0.256. The van der Waals surface area contributed by atoms with Crippen molar-refractivity contribution in [2.75, 3.05) is 6.61 Å². The van der Waals surface area contributed by atoms with Crippen molar-refractivity contribution in [2.24, 2.45) is 0 Å². The fourth-order valence-corrected chi connectivity index (χ4v) is 3.87. The van der Waals surface area contributed by atoms with Gasteiger partial charge in [0, 0.05) is 23.4 Å². The lowest BCUT2D eigenvalue weighted by Gasteiger charge is -2.17. The number of non-ortho nitro benzene ring substituents is 1. The largest absolute Gasteiger partial charge is 0.508 e. The molecular formula is C22H21N3O10. The molecule has 2 aromatic carbocycles. The molecule has 0 bridgehead atoms. The van der Waals surface area contributed by atoms with Crippen LogP contribution in [0.2, 0.25) is 0 Å². The van der Waals surface area contributed by atoms with Crippen LogP contribution in [0.3, 0.4) is 0 Å². The summed E-state index contributed by atoms with van der Waals surface area (Å²) >= 11 is 0. The van der Waals surface area contributed by atoms with Gasteiger partial charge in [-0.05, 0) is 12.3 Å². The average Bonchev–Trinajstić information content (AvgIpc) is 3.11. The number of aryl methyl sites for hydroxylation is 1. The molecule has 13 heteroatoms. The normalized spacial score (nSPS) is 21.7. The standard InChI is InChI=1S/C22H21N3O10/c1-11-8-24(21(29)23-19(11)28)20-18(27)17(26)15(35-20)10-34-22(30)33-9-13-6-2-4-12-5-3-7-14(16(12)13)25(31)32/h2-8,15,17-18,20,26-27H,9-10H2,1H3,(H,23,28,29)/t15-,17?,18?,20-/m1/s1. The number of nitro benzene ring substituents is 1. The highest BCUT2D eigenvalue weighted by Crippen LogP contribution is 2.30. The van der Waals surface area contributed by atoms with Crippen molar-refractivity contribution in [1.29, 1.82) is 0 Å². The predicted octanol–water partition coefficient (Wildman–Crippen LogP) is 0.879. The van der Waals surface area contributed by atoms with Crippen LogP contribution in [0.4, 0.5) is 10.5 Å². The van der Waals surface area contributed by atoms with Crippen molar-refractivity contribution in [3.05, 3.63) is 84.7 Å². The number of ether oxygens (including phenoxy) is 3. The third-order valence-corrected chi connectivity index (χ3v) is 5.63. The number of H-pyrrole nitrogens is 1. The average molecular weight is 487 g/mol. The predicted molar refractivity (Wildman–Crippen MR) is 119 cm³/mol. The van der Waals surface area contributed by atoms with Crippen molar-refractivity contribution in [3.8, 4) is 0 Å². The van der Waals surface area contributed by atoms with Gasteiger partial charge in [-0.3, -0.25) is 24.5 Å². The number of aromatic nitrogens is 2. The van der Waals surface area contributed by atoms with Gasteiger partial charge < -0.3 is 24.4 Å². The van der Waals surface area contributed by atoms with E-state index in [4.69, 9.17) is 14.2 Å². The Balaban J connectivity index is 1.40. The van der Waals surface area contributed by atoms with Gasteiger partial charge in [0.05, 0.1) is 10.3 Å². The van der Waals surface area contributed by atoms with Crippen LogP contribution in [-0.2, 0) is 20.8 Å². The Hall–Kier alpha value is -4.07. The number of aliphatic hydroxyl groups is 2. The molecule has 0 saturated carbocycles. The highest BCUT2D eigenvalue weighted by Gasteiger charge is 2.44. The Morgan fingerprint density at radius 2 is 1.89 bits per heavy atom. The molecule has 2 heterocycles. The minimum atomic E-state index is -1.54. The van der Waals surface area contributed by atoms with Crippen LogP contribution in [-0.4, -0.2) is 55.8 Å². The zero-order valence-electron chi connectivity index (χ0n) is 18.3. The molecule has 2 unspecified atom stereocenters. The van der Waals surface area contributed by atoms with E-state index >= 15 is 0 Å². The fourth-order valence-electron chi connectivity index (χ4n) is 3.87. The smallest absolute Gasteiger partial charge is 0.431 e. The number of carbonyl (C=O) groups excluding carboxylic acids is 1. The van der Waals surface area contributed by atoms with Gasteiger partial charge in [0.15, 0.2) is 6.23 Å². The third-order valence-electron chi connectivity index (χ3n) is 5.63. The Labute approximate surface area is 196 Å². The van der Waals surface area contributed by atoms with Crippen LogP contribution in [0, 0.1) is 17.0 Å². The minimum Gasteiger partial charge on any atom is -0.431 e. The van der Waals surface area contributed by atoms with E-state index in [1.807, 2.05) is 0 Å². The Kier molecular flexibility index (Phi) is 6.64. The minimum absolute atomic E-state index is 0.134. The molecule has 0 radical (unpaired) electrons. The third kappa shape index (κ3) is 4.77. The molecule has 0 aliphatic carbocycles. The van der Waals surface area contributed by atoms with Crippen LogP contribution in [0.15, 0.2) is 52.2 Å². The Bertz CT molecular complexity index is 1390. The first-order chi connectivity index (χ1) is 16.7. The summed E-state index contributed by atoms with van der Waals surface area (Å²) in [5.74, 6) is 0. The topological polar surface area (TPSA) is 183 Å². The molecule has 0 amide bonds. The molecule has 4 atom stereocenters. The highest BCUT2D eigenvalue weighted by atomic mass is 16.7. The van der Waals surface area contributed by atoms with Gasteiger partial charge in [0.25, 0.3) is 11.2 Å². The molecule has 3 aromatic rings. The van der Waals surface area contributed by atoms with Gasteiger partial charge in [0.2, 0.25) is 0 Å². The molecule has 3 N–H and O–H groups in total. The molecule has 184 valence electrons. The maximum atomic E-state index is 12.1. The molecule has 4 rings (SSSR count). The molecule has 13 nitrogen and oxygen atoms in total. The molecule has 1 aliphatic rings. The van der Waals surface area contributed by atoms with E-state index in [-0.39, 0.29) is 17.9 Å². The molecule has 35 heavy (non-hydrogen) atoms. The first-order valence-corrected chi connectivity index (χ1v) is 10.5. The Morgan fingerprint density at radius 3 is 2.60 bits per heavy atom. The van der Waals surface area contributed by atoms with Crippen LogP contribution in [0.25, 0.3) is 10.8 Å². The first-order valence-electron chi connectivity index (χ1n) is 10.5. The lowest BCUT2D eigenvalue weighted by Crippen LogP contribution is -2.38. The summed E-state index contributed by atoms with van der Waals surface area (Å²) in [6.07, 6.45) is -5.52. The molecule has 0 spiro atoms. The first kappa shape index (κ1) is 24.1. The second-order valence-electron chi connectivity index (χ2n) is 7.92. The maximum Gasteiger partial charge on any atom is 0.508 e.